The molecule has 3 aromatic carbocycles. The third-order valence-corrected chi connectivity index (χ3v) is 7.72. The molecule has 9 nitrogen and oxygen atoms in total. The number of aliphatic hydroxyl groups excluding tert-OH is 2. The van der Waals surface area contributed by atoms with Gasteiger partial charge in [0, 0.05) is 41.8 Å². The molecule has 0 saturated carbocycles. The van der Waals surface area contributed by atoms with Gasteiger partial charge in [0.25, 0.3) is 5.91 Å². The number of aromatic nitrogens is 1. The topological polar surface area (TPSA) is 141 Å². The second kappa shape index (κ2) is 17.4. The van der Waals surface area contributed by atoms with Crippen LogP contribution in [-0.4, -0.2) is 51.9 Å². The summed E-state index contributed by atoms with van der Waals surface area (Å²) in [5.41, 5.74) is 5.04. The summed E-state index contributed by atoms with van der Waals surface area (Å²) >= 11 is 0. The van der Waals surface area contributed by atoms with Crippen LogP contribution < -0.4 is 40.0 Å². The van der Waals surface area contributed by atoms with Crippen LogP contribution in [0.5, 0.6) is 0 Å². The molecular weight excluding hydrogens is 614 g/mol. The Balaban J connectivity index is 0.00000600. The minimum absolute atomic E-state index is 0. The summed E-state index contributed by atoms with van der Waals surface area (Å²) in [6.07, 6.45) is -2.61. The summed E-state index contributed by atoms with van der Waals surface area (Å²) in [5, 5.41) is 34.8. The maximum absolute atomic E-state index is 14.2. The van der Waals surface area contributed by atoms with Gasteiger partial charge in [-0.3, -0.25) is 4.79 Å². The molecule has 0 radical (unpaired) electrons. The zero-order valence-electron chi connectivity index (χ0n) is 27.0. The molecule has 0 bridgehead atoms. The molecule has 0 unspecified atom stereocenters. The van der Waals surface area contributed by atoms with Gasteiger partial charge in [-0.15, -0.1) is 0 Å². The Morgan fingerprint density at radius 3 is 2.09 bits per heavy atom. The number of nitrogens with one attached hydrogen (secondary N) is 1. The first-order valence-corrected chi connectivity index (χ1v) is 15.1. The number of methoxy groups -OCH3 is 1. The quantitative estimate of drug-likeness (QED) is 0.138. The van der Waals surface area contributed by atoms with Crippen LogP contribution in [0.25, 0.3) is 22.3 Å². The van der Waals surface area contributed by atoms with Crippen LogP contribution in [0.2, 0.25) is 0 Å². The molecule has 0 aliphatic rings. The van der Waals surface area contributed by atoms with Gasteiger partial charge in [0.2, 0.25) is 0 Å². The maximum atomic E-state index is 14.2. The molecule has 3 N–H and O–H groups in total. The molecule has 11 heteroatoms. The van der Waals surface area contributed by atoms with E-state index >= 15 is 0 Å². The van der Waals surface area contributed by atoms with Crippen molar-refractivity contribution in [2.45, 2.75) is 64.3 Å². The Hall–Kier alpha value is -3.80. The van der Waals surface area contributed by atoms with Gasteiger partial charge in [-0.2, -0.15) is 0 Å². The largest absolute Gasteiger partial charge is 1.00 e. The fourth-order valence-electron chi connectivity index (χ4n) is 5.64. The number of aliphatic hydroxyl groups is 2. The molecule has 0 spiro atoms. The van der Waals surface area contributed by atoms with Gasteiger partial charge in [-0.1, -0.05) is 54.6 Å². The molecule has 4 aromatic rings. The smallest absolute Gasteiger partial charge is 0.550 e. The maximum Gasteiger partial charge on any atom is 1.00 e. The van der Waals surface area contributed by atoms with Crippen molar-refractivity contribution in [3.63, 3.8) is 0 Å². The average molecular weight is 653 g/mol. The summed E-state index contributed by atoms with van der Waals surface area (Å²) in [6, 6.07) is 21.9. The van der Waals surface area contributed by atoms with E-state index < -0.39 is 36.4 Å². The number of benzene rings is 3. The van der Waals surface area contributed by atoms with Crippen LogP contribution in [0.3, 0.4) is 0 Å². The van der Waals surface area contributed by atoms with Gasteiger partial charge < -0.3 is 34.7 Å². The van der Waals surface area contributed by atoms with Crippen LogP contribution in [-0.2, 0) is 22.5 Å². The third-order valence-electron chi connectivity index (χ3n) is 7.72. The number of carboxylic acids is 1. The van der Waals surface area contributed by atoms with Crippen molar-refractivity contribution in [1.82, 2.24) is 9.88 Å². The number of hydrogen-bond donors (Lipinski definition) is 3. The fraction of sp³-hybridized carbons (Fsp3) is 0.306. The van der Waals surface area contributed by atoms with Gasteiger partial charge in [0.15, 0.2) is 0 Å². The van der Waals surface area contributed by atoms with E-state index in [1.807, 2.05) is 48.7 Å². The average Bonchev–Trinajstić information content (AvgIpc) is 3.38. The zero-order valence-corrected chi connectivity index (χ0v) is 29.0. The molecule has 0 saturated heterocycles. The monoisotopic (exact) mass is 652 g/mol. The van der Waals surface area contributed by atoms with Crippen molar-refractivity contribution >= 4 is 17.8 Å². The normalized spacial score (nSPS) is 12.2. The van der Waals surface area contributed by atoms with Gasteiger partial charge in [0.1, 0.15) is 11.5 Å². The second-order valence-corrected chi connectivity index (χ2v) is 11.4. The van der Waals surface area contributed by atoms with E-state index in [1.165, 1.54) is 19.2 Å². The number of ether oxygens (including phenoxy) is 1. The molecule has 0 fully saturated rings. The summed E-state index contributed by atoms with van der Waals surface area (Å²) in [4.78, 5) is 36.9. The first-order valence-electron chi connectivity index (χ1n) is 15.1. The number of nitrogens with zero attached hydrogens (tertiary/aromatic N) is 1. The number of carbonyl (C=O) groups is 3. The SMILES string of the molecule is COC(=O)c1ccc(CNC(=O)c2c(-c3ccccc3)c(-c3ccc(F)cc3)c(CC[C@@H](O)C[C@@H](O)CC(=O)[O-])n2C(C)C)cc1.[Na+]. The molecule has 1 aromatic heterocycles. The standard InChI is InChI=1S/C36H39FN2O7.Na/c1-22(2)39-30(18-17-28(40)19-29(41)20-31(42)43)32(25-13-15-27(37)16-14-25)33(24-7-5-4-6-8-24)34(39)35(44)38-21-23-9-11-26(12-10-23)36(45)46-3;/h4-16,22,28-29,40-41H,17-21H2,1-3H3,(H,38,44)(H,42,43);/q;+1/p-1/t28-,29-;/m1./s1. The minimum atomic E-state index is -1.41. The number of carbonyl (C=O) groups excluding carboxylic acids is 3. The van der Waals surface area contributed by atoms with Crippen LogP contribution in [0.1, 0.15) is 71.3 Å². The van der Waals surface area contributed by atoms with E-state index in [-0.39, 0.29) is 67.3 Å². The van der Waals surface area contributed by atoms with Crippen LogP contribution in [0.15, 0.2) is 78.9 Å². The first-order chi connectivity index (χ1) is 22.0. The molecule has 4 rings (SSSR count). The molecule has 0 aliphatic heterocycles. The van der Waals surface area contributed by atoms with E-state index in [9.17, 15) is 34.1 Å². The van der Waals surface area contributed by atoms with Crippen LogP contribution >= 0.6 is 0 Å². The molecular formula is C36H38FN2NaO7. The Kier molecular flexibility index (Phi) is 13.9. The van der Waals surface area contributed by atoms with Crippen LogP contribution in [0, 0.1) is 5.82 Å². The predicted octanol–water partition coefficient (Wildman–Crippen LogP) is 1.45. The Bertz CT molecular complexity index is 1660. The second-order valence-electron chi connectivity index (χ2n) is 11.4. The summed E-state index contributed by atoms with van der Waals surface area (Å²) in [5.74, 6) is -2.64. The molecule has 2 atom stereocenters. The fourth-order valence-corrected chi connectivity index (χ4v) is 5.64. The van der Waals surface area contributed by atoms with E-state index in [2.05, 4.69) is 5.32 Å². The van der Waals surface area contributed by atoms with E-state index in [1.54, 1.807) is 36.4 Å². The summed E-state index contributed by atoms with van der Waals surface area (Å²) in [6.45, 7) is 4.05. The molecule has 242 valence electrons. The Labute approximate surface area is 295 Å². The van der Waals surface area contributed by atoms with Crippen molar-refractivity contribution < 1.29 is 68.4 Å². The molecule has 1 amide bonds. The van der Waals surface area contributed by atoms with Gasteiger partial charge in [-0.25, -0.2) is 9.18 Å². The predicted molar refractivity (Wildman–Crippen MR) is 169 cm³/mol. The number of amides is 1. The zero-order chi connectivity index (χ0) is 33.4. The molecule has 47 heavy (non-hydrogen) atoms. The van der Waals surface area contributed by atoms with Gasteiger partial charge in [-0.05, 0) is 74.1 Å². The van der Waals surface area contributed by atoms with E-state index in [4.69, 9.17) is 4.74 Å². The number of halogens is 1. The van der Waals surface area contributed by atoms with Crippen molar-refractivity contribution in [3.8, 4) is 22.3 Å². The molecule has 0 aliphatic carbocycles. The van der Waals surface area contributed by atoms with E-state index in [0.717, 1.165) is 16.8 Å². The summed E-state index contributed by atoms with van der Waals surface area (Å²) in [7, 11) is 1.31. The van der Waals surface area contributed by atoms with Crippen molar-refractivity contribution in [2.24, 2.45) is 0 Å². The number of carboxylic acid groups (broad SMARTS) is 1. The summed E-state index contributed by atoms with van der Waals surface area (Å²) < 4.78 is 20.8. The van der Waals surface area contributed by atoms with Crippen molar-refractivity contribution in [2.75, 3.05) is 7.11 Å². The van der Waals surface area contributed by atoms with Gasteiger partial charge >= 0.3 is 35.5 Å². The third kappa shape index (κ3) is 9.62. The number of esters is 1. The van der Waals surface area contributed by atoms with Crippen LogP contribution in [0.4, 0.5) is 4.39 Å². The molecule has 1 heterocycles. The number of aliphatic carboxylic acids is 1. The number of rotatable bonds is 14. The van der Waals surface area contributed by atoms with Crippen molar-refractivity contribution in [3.05, 3.63) is 107 Å². The Morgan fingerprint density at radius 1 is 0.894 bits per heavy atom. The minimum Gasteiger partial charge on any atom is -0.550 e. The number of hydrogen-bond acceptors (Lipinski definition) is 7. The van der Waals surface area contributed by atoms with Gasteiger partial charge in [0.05, 0.1) is 24.9 Å². The van der Waals surface area contributed by atoms with Crippen molar-refractivity contribution in [1.29, 1.82) is 0 Å². The first kappa shape index (κ1) is 37.7. The van der Waals surface area contributed by atoms with E-state index in [0.29, 0.717) is 27.9 Å². The Morgan fingerprint density at radius 2 is 1.51 bits per heavy atom.